The Morgan fingerprint density at radius 1 is 1.43 bits per heavy atom. The van der Waals surface area contributed by atoms with Crippen molar-refractivity contribution < 1.29 is 27.8 Å². The van der Waals surface area contributed by atoms with Crippen LogP contribution in [0.15, 0.2) is 24.3 Å². The minimum absolute atomic E-state index is 0.0215. The summed E-state index contributed by atoms with van der Waals surface area (Å²) < 4.78 is 33.7. The zero-order valence-corrected chi connectivity index (χ0v) is 12.3. The average molecular weight is 312 g/mol. The fourth-order valence-corrected chi connectivity index (χ4v) is 3.67. The molecule has 1 N–H and O–H groups in total. The number of hydrogen-bond acceptors (Lipinski definition) is 5. The molecule has 0 spiro atoms. The Morgan fingerprint density at radius 3 is 2.76 bits per heavy atom. The molecule has 1 aliphatic heterocycles. The van der Waals surface area contributed by atoms with Gasteiger partial charge in [-0.2, -0.15) is 0 Å². The Hall–Kier alpha value is -2.02. The van der Waals surface area contributed by atoms with Gasteiger partial charge in [-0.1, -0.05) is 0 Å². The largest absolute Gasteiger partial charge is 0.497 e. The fourth-order valence-electron chi connectivity index (χ4n) is 2.08. The summed E-state index contributed by atoms with van der Waals surface area (Å²) in [4.78, 5) is 10.6. The lowest BCUT2D eigenvalue weighted by Gasteiger charge is -2.15. The normalized spacial score (nSPS) is 20.5. The third-order valence-corrected chi connectivity index (χ3v) is 4.85. The minimum Gasteiger partial charge on any atom is -0.497 e. The molecule has 1 heterocycles. The Morgan fingerprint density at radius 2 is 2.19 bits per heavy atom. The van der Waals surface area contributed by atoms with Gasteiger partial charge in [0.15, 0.2) is 9.84 Å². The molecule has 21 heavy (non-hydrogen) atoms. The fraction of sp³-hybridized carbons (Fsp3) is 0.357. The first-order valence-electron chi connectivity index (χ1n) is 6.36. The van der Waals surface area contributed by atoms with Crippen molar-refractivity contribution in [2.75, 3.05) is 18.6 Å². The second kappa shape index (κ2) is 6.17. The van der Waals surface area contributed by atoms with Crippen LogP contribution in [0.25, 0.3) is 6.08 Å². The molecule has 1 aliphatic rings. The molecule has 6 nitrogen and oxygen atoms in total. The lowest BCUT2D eigenvalue weighted by molar-refractivity contribution is -0.131. The SMILES string of the molecule is COc1ccc(/C=C/C(=O)O)c(OC2CCS(=O)(=O)C2)c1. The van der Waals surface area contributed by atoms with Gasteiger partial charge in [-0.25, -0.2) is 13.2 Å². The highest BCUT2D eigenvalue weighted by atomic mass is 32.2. The highest BCUT2D eigenvalue weighted by Gasteiger charge is 2.29. The predicted octanol–water partition coefficient (Wildman–Crippen LogP) is 1.36. The lowest BCUT2D eigenvalue weighted by Crippen LogP contribution is -2.18. The lowest BCUT2D eigenvalue weighted by atomic mass is 10.1. The second-order valence-electron chi connectivity index (χ2n) is 4.72. The van der Waals surface area contributed by atoms with E-state index in [9.17, 15) is 13.2 Å². The number of ether oxygens (including phenoxy) is 2. The van der Waals surface area contributed by atoms with E-state index in [-0.39, 0.29) is 11.5 Å². The molecule has 0 amide bonds. The van der Waals surface area contributed by atoms with Crippen LogP contribution in [0.5, 0.6) is 11.5 Å². The highest BCUT2D eigenvalue weighted by molar-refractivity contribution is 7.91. The zero-order valence-electron chi connectivity index (χ0n) is 11.5. The first-order chi connectivity index (χ1) is 9.89. The van der Waals surface area contributed by atoms with Gasteiger partial charge in [0.2, 0.25) is 0 Å². The third kappa shape index (κ3) is 4.22. The van der Waals surface area contributed by atoms with Crippen molar-refractivity contribution >= 4 is 21.9 Å². The molecule has 1 saturated heterocycles. The molecule has 2 rings (SSSR count). The van der Waals surface area contributed by atoms with Crippen LogP contribution in [0.3, 0.4) is 0 Å². The maximum Gasteiger partial charge on any atom is 0.328 e. The molecule has 0 saturated carbocycles. The number of carboxylic acid groups (broad SMARTS) is 1. The molecule has 7 heteroatoms. The van der Waals surface area contributed by atoms with Gasteiger partial charge in [-0.3, -0.25) is 0 Å². The maximum atomic E-state index is 11.5. The molecule has 1 aromatic carbocycles. The van der Waals surface area contributed by atoms with Crippen LogP contribution in [-0.4, -0.2) is 44.2 Å². The van der Waals surface area contributed by atoms with Gasteiger partial charge >= 0.3 is 5.97 Å². The van der Waals surface area contributed by atoms with Crippen LogP contribution in [0.2, 0.25) is 0 Å². The van der Waals surface area contributed by atoms with E-state index in [0.29, 0.717) is 23.5 Å². The molecule has 0 radical (unpaired) electrons. The molecular weight excluding hydrogens is 296 g/mol. The van der Waals surface area contributed by atoms with Gasteiger partial charge in [0.25, 0.3) is 0 Å². The smallest absolute Gasteiger partial charge is 0.328 e. The van der Waals surface area contributed by atoms with Gasteiger partial charge in [-0.15, -0.1) is 0 Å². The number of carbonyl (C=O) groups is 1. The van der Waals surface area contributed by atoms with Crippen molar-refractivity contribution in [2.24, 2.45) is 0 Å². The molecule has 114 valence electrons. The van der Waals surface area contributed by atoms with E-state index in [1.165, 1.54) is 13.2 Å². The maximum absolute atomic E-state index is 11.5. The number of sulfone groups is 1. The van der Waals surface area contributed by atoms with Gasteiger partial charge in [-0.05, 0) is 24.6 Å². The molecular formula is C14H16O6S. The number of rotatable bonds is 5. The summed E-state index contributed by atoms with van der Waals surface area (Å²) in [7, 11) is -1.53. The van der Waals surface area contributed by atoms with E-state index in [1.807, 2.05) is 0 Å². The summed E-state index contributed by atoms with van der Waals surface area (Å²) >= 11 is 0. The zero-order chi connectivity index (χ0) is 15.5. The van der Waals surface area contributed by atoms with E-state index < -0.39 is 21.9 Å². The Balaban J connectivity index is 2.25. The van der Waals surface area contributed by atoms with Crippen molar-refractivity contribution in [3.05, 3.63) is 29.8 Å². The average Bonchev–Trinajstić information content (AvgIpc) is 2.76. The molecule has 0 aromatic heterocycles. The molecule has 0 aliphatic carbocycles. The topological polar surface area (TPSA) is 89.9 Å². The molecule has 1 atom stereocenters. The second-order valence-corrected chi connectivity index (χ2v) is 6.95. The quantitative estimate of drug-likeness (QED) is 0.826. The van der Waals surface area contributed by atoms with Gasteiger partial charge in [0.1, 0.15) is 17.6 Å². The monoisotopic (exact) mass is 312 g/mol. The summed E-state index contributed by atoms with van der Waals surface area (Å²) in [6, 6.07) is 4.96. The van der Waals surface area contributed by atoms with Crippen molar-refractivity contribution in [2.45, 2.75) is 12.5 Å². The summed E-state index contributed by atoms with van der Waals surface area (Å²) in [5.41, 5.74) is 0.558. The number of benzene rings is 1. The summed E-state index contributed by atoms with van der Waals surface area (Å²) in [6.07, 6.45) is 2.42. The summed E-state index contributed by atoms with van der Waals surface area (Å²) in [6.45, 7) is 0. The number of methoxy groups -OCH3 is 1. The van der Waals surface area contributed by atoms with Crippen LogP contribution >= 0.6 is 0 Å². The van der Waals surface area contributed by atoms with E-state index in [4.69, 9.17) is 14.6 Å². The van der Waals surface area contributed by atoms with Crippen molar-refractivity contribution in [1.82, 2.24) is 0 Å². The van der Waals surface area contributed by atoms with Crippen LogP contribution in [0.4, 0.5) is 0 Å². The van der Waals surface area contributed by atoms with Crippen LogP contribution in [0, 0.1) is 0 Å². The van der Waals surface area contributed by atoms with E-state index >= 15 is 0 Å². The predicted molar refractivity (Wildman–Crippen MR) is 77.4 cm³/mol. The molecule has 1 fully saturated rings. The Bertz CT molecular complexity index is 662. The Labute approximate surface area is 122 Å². The number of aliphatic carboxylic acids is 1. The van der Waals surface area contributed by atoms with E-state index in [0.717, 1.165) is 6.08 Å². The highest BCUT2D eigenvalue weighted by Crippen LogP contribution is 2.29. The first-order valence-corrected chi connectivity index (χ1v) is 8.18. The van der Waals surface area contributed by atoms with Gasteiger partial charge < -0.3 is 14.6 Å². The van der Waals surface area contributed by atoms with Crippen LogP contribution in [-0.2, 0) is 14.6 Å². The number of hydrogen-bond donors (Lipinski definition) is 1. The molecule has 1 aromatic rings. The van der Waals surface area contributed by atoms with Gasteiger partial charge in [0.05, 0.1) is 18.6 Å². The Kier molecular flexibility index (Phi) is 4.52. The van der Waals surface area contributed by atoms with Gasteiger partial charge in [0, 0.05) is 17.7 Å². The van der Waals surface area contributed by atoms with Crippen LogP contribution < -0.4 is 9.47 Å². The van der Waals surface area contributed by atoms with Crippen LogP contribution in [0.1, 0.15) is 12.0 Å². The van der Waals surface area contributed by atoms with Crippen molar-refractivity contribution in [3.8, 4) is 11.5 Å². The molecule has 0 bridgehead atoms. The standard InChI is InChI=1S/C14H16O6S/c1-19-11-4-2-10(3-5-14(15)16)13(8-11)20-12-6-7-21(17,18)9-12/h2-5,8,12H,6-7,9H2,1H3,(H,15,16)/b5-3+. The minimum atomic E-state index is -3.04. The summed E-state index contributed by atoms with van der Waals surface area (Å²) in [5.74, 6) is -0.0127. The first kappa shape index (κ1) is 15.4. The van der Waals surface area contributed by atoms with E-state index in [2.05, 4.69) is 0 Å². The third-order valence-electron chi connectivity index (χ3n) is 3.11. The van der Waals surface area contributed by atoms with E-state index in [1.54, 1.807) is 18.2 Å². The number of carboxylic acids is 1. The van der Waals surface area contributed by atoms with Crippen molar-refractivity contribution in [1.29, 1.82) is 0 Å². The van der Waals surface area contributed by atoms with Crippen molar-refractivity contribution in [3.63, 3.8) is 0 Å². The summed E-state index contributed by atoms with van der Waals surface area (Å²) in [5, 5.41) is 8.69. The molecule has 1 unspecified atom stereocenters.